The first-order valence-electron chi connectivity index (χ1n) is 8.36. The van der Waals surface area contributed by atoms with Gasteiger partial charge in [0.25, 0.3) is 5.91 Å². The van der Waals surface area contributed by atoms with E-state index >= 15 is 0 Å². The summed E-state index contributed by atoms with van der Waals surface area (Å²) < 4.78 is 15.2. The molecular weight excluding hydrogens is 407 g/mol. The van der Waals surface area contributed by atoms with Gasteiger partial charge in [0.2, 0.25) is 0 Å². The molecule has 1 saturated carbocycles. The normalized spacial score (nSPS) is 20.3. The molecule has 3 aliphatic rings. The number of hydrogen-bond donors (Lipinski definition) is 1. The average Bonchev–Trinajstić information content (AvgIpc) is 3.04. The Balaban J connectivity index is 1.50. The number of carbonyl (C=O) groups excluding carboxylic acids is 1. The van der Waals surface area contributed by atoms with Gasteiger partial charge in [0.05, 0.1) is 34.5 Å². The SMILES string of the molecule is Cc1c(Br)c(N2CCc3nc(C4(F)CC4)sc3C2)nc2c1C(=O)NC2. The fourth-order valence-electron chi connectivity index (χ4n) is 3.51. The fourth-order valence-corrected chi connectivity index (χ4v) is 5.31. The summed E-state index contributed by atoms with van der Waals surface area (Å²) in [6, 6.07) is 0. The number of halogens is 2. The van der Waals surface area contributed by atoms with E-state index in [1.165, 1.54) is 11.3 Å². The molecule has 0 unspecified atom stereocenters. The van der Waals surface area contributed by atoms with Crippen molar-refractivity contribution in [2.24, 2.45) is 0 Å². The molecule has 4 heterocycles. The Morgan fingerprint density at radius 2 is 2.12 bits per heavy atom. The van der Waals surface area contributed by atoms with Crippen LogP contribution in [0.1, 0.15) is 50.0 Å². The maximum Gasteiger partial charge on any atom is 0.253 e. The zero-order valence-corrected chi connectivity index (χ0v) is 16.1. The maximum absolute atomic E-state index is 14.3. The Bertz CT molecular complexity index is 924. The van der Waals surface area contributed by atoms with Gasteiger partial charge in [-0.15, -0.1) is 11.3 Å². The third-order valence-electron chi connectivity index (χ3n) is 5.18. The standard InChI is InChI=1S/C17H16BrFN4OS/c1-8-12-10(6-20-15(12)24)21-14(13(8)18)23-5-2-9-11(7-23)25-16(22-9)17(19)3-4-17/h2-7H2,1H3,(H,20,24). The van der Waals surface area contributed by atoms with Crippen LogP contribution >= 0.6 is 27.3 Å². The number of fused-ring (bicyclic) bond motifs is 2. The lowest BCUT2D eigenvalue weighted by Gasteiger charge is -2.29. The van der Waals surface area contributed by atoms with E-state index < -0.39 is 5.67 Å². The largest absolute Gasteiger partial charge is 0.350 e. The molecule has 1 N–H and O–H groups in total. The number of alkyl halides is 1. The predicted octanol–water partition coefficient (Wildman–Crippen LogP) is 3.37. The second-order valence-corrected chi connectivity index (χ2v) is 8.78. The van der Waals surface area contributed by atoms with Gasteiger partial charge < -0.3 is 10.2 Å². The van der Waals surface area contributed by atoms with E-state index in [1.807, 2.05) is 6.92 Å². The van der Waals surface area contributed by atoms with E-state index in [1.54, 1.807) is 0 Å². The average molecular weight is 423 g/mol. The zero-order chi connectivity index (χ0) is 17.3. The van der Waals surface area contributed by atoms with E-state index in [4.69, 9.17) is 4.98 Å². The summed E-state index contributed by atoms with van der Waals surface area (Å²) >= 11 is 5.13. The molecular formula is C17H16BrFN4OS. The van der Waals surface area contributed by atoms with Gasteiger partial charge in [-0.3, -0.25) is 4.79 Å². The van der Waals surface area contributed by atoms with Crippen LogP contribution in [-0.4, -0.2) is 22.4 Å². The highest BCUT2D eigenvalue weighted by molar-refractivity contribution is 9.10. The number of pyridine rings is 1. The number of carbonyl (C=O) groups is 1. The van der Waals surface area contributed by atoms with Crippen molar-refractivity contribution >= 4 is 39.0 Å². The van der Waals surface area contributed by atoms with Crippen LogP contribution in [-0.2, 0) is 25.2 Å². The molecule has 5 rings (SSSR count). The maximum atomic E-state index is 14.3. The number of thiazole rings is 1. The van der Waals surface area contributed by atoms with Crippen molar-refractivity contribution in [2.45, 2.75) is 44.9 Å². The van der Waals surface area contributed by atoms with Crippen LogP contribution < -0.4 is 10.2 Å². The summed E-state index contributed by atoms with van der Waals surface area (Å²) in [6.45, 7) is 3.90. The number of aromatic nitrogens is 2. The number of amides is 1. The predicted molar refractivity (Wildman–Crippen MR) is 96.7 cm³/mol. The Kier molecular flexibility index (Phi) is 3.29. The first kappa shape index (κ1) is 15.7. The molecule has 0 atom stereocenters. The third kappa shape index (κ3) is 2.33. The lowest BCUT2D eigenvalue weighted by molar-refractivity contribution is 0.0965. The van der Waals surface area contributed by atoms with Crippen molar-refractivity contribution in [3.63, 3.8) is 0 Å². The van der Waals surface area contributed by atoms with E-state index in [0.717, 1.165) is 45.1 Å². The van der Waals surface area contributed by atoms with Gasteiger partial charge in [0.1, 0.15) is 10.8 Å². The van der Waals surface area contributed by atoms with Crippen molar-refractivity contribution in [2.75, 3.05) is 11.4 Å². The molecule has 2 aromatic heterocycles. The van der Waals surface area contributed by atoms with Gasteiger partial charge in [-0.2, -0.15) is 0 Å². The Hall–Kier alpha value is -1.54. The molecule has 25 heavy (non-hydrogen) atoms. The minimum absolute atomic E-state index is 0.0574. The van der Waals surface area contributed by atoms with E-state index in [9.17, 15) is 9.18 Å². The van der Waals surface area contributed by atoms with Crippen molar-refractivity contribution in [1.82, 2.24) is 15.3 Å². The van der Waals surface area contributed by atoms with E-state index in [-0.39, 0.29) is 5.91 Å². The van der Waals surface area contributed by atoms with Crippen molar-refractivity contribution < 1.29 is 9.18 Å². The molecule has 0 bridgehead atoms. The molecule has 1 aliphatic carbocycles. The first-order valence-corrected chi connectivity index (χ1v) is 9.97. The van der Waals surface area contributed by atoms with Crippen molar-refractivity contribution in [3.8, 4) is 0 Å². The van der Waals surface area contributed by atoms with E-state index in [2.05, 4.69) is 31.1 Å². The number of hydrogen-bond acceptors (Lipinski definition) is 5. The number of rotatable bonds is 2. The fraction of sp³-hybridized carbons (Fsp3) is 0.471. The molecule has 0 radical (unpaired) electrons. The molecule has 2 aromatic rings. The van der Waals surface area contributed by atoms with Gasteiger partial charge in [0, 0.05) is 17.8 Å². The van der Waals surface area contributed by atoms with Crippen LogP contribution in [0.4, 0.5) is 10.2 Å². The highest BCUT2D eigenvalue weighted by atomic mass is 79.9. The molecule has 2 aliphatic heterocycles. The minimum Gasteiger partial charge on any atom is -0.350 e. The second kappa shape index (κ2) is 5.23. The minimum atomic E-state index is -1.16. The van der Waals surface area contributed by atoms with Crippen molar-refractivity contribution in [1.29, 1.82) is 0 Å². The Morgan fingerprint density at radius 3 is 2.88 bits per heavy atom. The number of nitrogens with one attached hydrogen (secondary N) is 1. The van der Waals surface area contributed by atoms with Crippen LogP contribution in [0.3, 0.4) is 0 Å². The lowest BCUT2D eigenvalue weighted by Crippen LogP contribution is -2.31. The van der Waals surface area contributed by atoms with Crippen LogP contribution in [0.15, 0.2) is 4.47 Å². The summed E-state index contributed by atoms with van der Waals surface area (Å²) in [6.07, 6.45) is 1.99. The first-order chi connectivity index (χ1) is 12.0. The Labute approximate surface area is 156 Å². The highest BCUT2D eigenvalue weighted by Gasteiger charge is 2.48. The van der Waals surface area contributed by atoms with Gasteiger partial charge in [-0.05, 0) is 41.3 Å². The molecule has 0 aromatic carbocycles. The van der Waals surface area contributed by atoms with Gasteiger partial charge in [0.15, 0.2) is 5.67 Å². The van der Waals surface area contributed by atoms with Crippen molar-refractivity contribution in [3.05, 3.63) is 36.9 Å². The highest BCUT2D eigenvalue weighted by Crippen LogP contribution is 2.51. The van der Waals surface area contributed by atoms with Crippen LogP contribution in [0, 0.1) is 6.92 Å². The zero-order valence-electron chi connectivity index (χ0n) is 13.7. The number of nitrogens with zero attached hydrogens (tertiary/aromatic N) is 3. The Morgan fingerprint density at radius 1 is 1.32 bits per heavy atom. The summed E-state index contributed by atoms with van der Waals surface area (Å²) in [5, 5.41) is 3.48. The second-order valence-electron chi connectivity index (χ2n) is 6.90. The lowest BCUT2D eigenvalue weighted by atomic mass is 10.1. The molecule has 0 spiro atoms. The van der Waals surface area contributed by atoms with E-state index in [0.29, 0.717) is 36.5 Å². The van der Waals surface area contributed by atoms with Gasteiger partial charge >= 0.3 is 0 Å². The topological polar surface area (TPSA) is 58.1 Å². The third-order valence-corrected chi connectivity index (χ3v) is 7.39. The quantitative estimate of drug-likeness (QED) is 0.805. The monoisotopic (exact) mass is 422 g/mol. The van der Waals surface area contributed by atoms with Gasteiger partial charge in [-0.25, -0.2) is 14.4 Å². The molecule has 1 amide bonds. The summed E-state index contributed by atoms with van der Waals surface area (Å²) in [5.41, 5.74) is 2.28. The smallest absolute Gasteiger partial charge is 0.253 e. The molecule has 1 fully saturated rings. The van der Waals surface area contributed by atoms with Gasteiger partial charge in [-0.1, -0.05) is 0 Å². The molecule has 0 saturated heterocycles. The summed E-state index contributed by atoms with van der Waals surface area (Å²) in [5.74, 6) is 0.799. The molecule has 130 valence electrons. The molecule has 5 nitrogen and oxygen atoms in total. The van der Waals surface area contributed by atoms with Crippen LogP contribution in [0.25, 0.3) is 0 Å². The van der Waals surface area contributed by atoms with Crippen LogP contribution in [0.2, 0.25) is 0 Å². The number of anilines is 1. The van der Waals surface area contributed by atoms with Crippen LogP contribution in [0.5, 0.6) is 0 Å². The summed E-state index contributed by atoms with van der Waals surface area (Å²) in [4.78, 5) is 24.6. The summed E-state index contributed by atoms with van der Waals surface area (Å²) in [7, 11) is 0. The molecule has 8 heteroatoms.